The number of hydrogen-bond donors (Lipinski definition) is 2. The van der Waals surface area contributed by atoms with Crippen LogP contribution in [0.5, 0.6) is 0 Å². The van der Waals surface area contributed by atoms with Crippen LogP contribution < -0.4 is 5.32 Å². The predicted molar refractivity (Wildman–Crippen MR) is 57.4 cm³/mol. The molecule has 0 aromatic rings. The topological polar surface area (TPSA) is 58.6 Å². The number of ether oxygens (including phenoxy) is 1. The van der Waals surface area contributed by atoms with Crippen molar-refractivity contribution < 1.29 is 14.6 Å². The van der Waals surface area contributed by atoms with Gasteiger partial charge in [0.2, 0.25) is 5.91 Å². The maximum absolute atomic E-state index is 11.4. The molecule has 0 aliphatic heterocycles. The first-order valence-electron chi connectivity index (χ1n) is 5.53. The number of hydrogen-bond acceptors (Lipinski definition) is 3. The summed E-state index contributed by atoms with van der Waals surface area (Å²) in [6.07, 6.45) is 0.763. The molecule has 0 bridgehead atoms. The lowest BCUT2D eigenvalue weighted by molar-refractivity contribution is -0.130. The Morgan fingerprint density at radius 3 is 2.73 bits per heavy atom. The normalized spacial score (nSPS) is 28.3. The lowest BCUT2D eigenvalue weighted by atomic mass is 9.64. The first kappa shape index (κ1) is 12.5. The average Bonchev–Trinajstić information content (AvgIpc) is 2.18. The van der Waals surface area contributed by atoms with Crippen molar-refractivity contribution in [2.75, 3.05) is 13.2 Å². The first-order chi connectivity index (χ1) is 6.98. The molecule has 0 heterocycles. The van der Waals surface area contributed by atoms with Gasteiger partial charge in [0.25, 0.3) is 0 Å². The maximum Gasteiger partial charge on any atom is 0.222 e. The van der Waals surface area contributed by atoms with E-state index in [4.69, 9.17) is 4.74 Å². The maximum atomic E-state index is 11.4. The van der Waals surface area contributed by atoms with Crippen molar-refractivity contribution >= 4 is 5.91 Å². The summed E-state index contributed by atoms with van der Waals surface area (Å²) in [6, 6.07) is 0.0987. The third-order valence-electron chi connectivity index (χ3n) is 3.23. The van der Waals surface area contributed by atoms with Crippen molar-refractivity contribution in [2.45, 2.75) is 45.8 Å². The second-order valence-electron chi connectivity index (χ2n) is 4.64. The summed E-state index contributed by atoms with van der Waals surface area (Å²) in [6.45, 7) is 6.95. The fourth-order valence-electron chi connectivity index (χ4n) is 1.72. The SMILES string of the molecule is CCOCCC(=O)NC1CC(O)C1(C)C. The molecule has 1 fully saturated rings. The quantitative estimate of drug-likeness (QED) is 0.663. The largest absolute Gasteiger partial charge is 0.392 e. The minimum atomic E-state index is -0.297. The molecule has 1 rings (SSSR count). The van der Waals surface area contributed by atoms with Gasteiger partial charge in [-0.15, -0.1) is 0 Å². The van der Waals surface area contributed by atoms with Gasteiger partial charge in [0, 0.05) is 24.5 Å². The van der Waals surface area contributed by atoms with E-state index in [2.05, 4.69) is 5.32 Å². The van der Waals surface area contributed by atoms with Crippen LogP contribution in [-0.2, 0) is 9.53 Å². The van der Waals surface area contributed by atoms with Crippen molar-refractivity contribution in [3.05, 3.63) is 0 Å². The molecule has 1 aliphatic carbocycles. The van der Waals surface area contributed by atoms with Gasteiger partial charge in [-0.2, -0.15) is 0 Å². The van der Waals surface area contributed by atoms with Gasteiger partial charge in [-0.1, -0.05) is 13.8 Å². The fraction of sp³-hybridized carbons (Fsp3) is 0.909. The zero-order chi connectivity index (χ0) is 11.5. The van der Waals surface area contributed by atoms with Crippen LogP contribution in [0.4, 0.5) is 0 Å². The summed E-state index contributed by atoms with van der Waals surface area (Å²) in [4.78, 5) is 11.4. The molecule has 2 atom stereocenters. The Hall–Kier alpha value is -0.610. The smallest absolute Gasteiger partial charge is 0.222 e. The number of nitrogens with one attached hydrogen (secondary N) is 1. The second kappa shape index (κ2) is 4.94. The van der Waals surface area contributed by atoms with Crippen LogP contribution in [-0.4, -0.2) is 36.4 Å². The summed E-state index contributed by atoms with van der Waals surface area (Å²) in [5, 5.41) is 12.4. The van der Waals surface area contributed by atoms with Crippen molar-refractivity contribution in [2.24, 2.45) is 5.41 Å². The molecule has 0 radical (unpaired) electrons. The van der Waals surface area contributed by atoms with Crippen LogP contribution in [0.15, 0.2) is 0 Å². The molecule has 0 saturated heterocycles. The van der Waals surface area contributed by atoms with Gasteiger partial charge in [0.05, 0.1) is 12.7 Å². The summed E-state index contributed by atoms with van der Waals surface area (Å²) in [5.74, 6) is 0.00780. The summed E-state index contributed by atoms with van der Waals surface area (Å²) >= 11 is 0. The van der Waals surface area contributed by atoms with Crippen LogP contribution in [0, 0.1) is 5.41 Å². The Morgan fingerprint density at radius 1 is 1.60 bits per heavy atom. The molecule has 2 N–H and O–H groups in total. The van der Waals surface area contributed by atoms with Crippen LogP contribution >= 0.6 is 0 Å². The van der Waals surface area contributed by atoms with E-state index < -0.39 is 0 Å². The van der Waals surface area contributed by atoms with E-state index in [1.165, 1.54) is 0 Å². The van der Waals surface area contributed by atoms with E-state index >= 15 is 0 Å². The van der Waals surface area contributed by atoms with E-state index in [-0.39, 0.29) is 23.5 Å². The number of rotatable bonds is 5. The summed E-state index contributed by atoms with van der Waals surface area (Å²) < 4.78 is 5.10. The predicted octanol–water partition coefficient (Wildman–Crippen LogP) is 0.689. The molecule has 1 amide bonds. The second-order valence-corrected chi connectivity index (χ2v) is 4.64. The third-order valence-corrected chi connectivity index (χ3v) is 3.23. The zero-order valence-electron chi connectivity index (χ0n) is 9.75. The monoisotopic (exact) mass is 215 g/mol. The van der Waals surface area contributed by atoms with E-state index in [1.54, 1.807) is 0 Å². The molecule has 0 aromatic heterocycles. The number of carbonyl (C=O) groups is 1. The standard InChI is InChI=1S/C11H21NO3/c1-4-15-6-5-10(14)12-8-7-9(13)11(8,2)3/h8-9,13H,4-7H2,1-3H3,(H,12,14). The van der Waals surface area contributed by atoms with E-state index in [9.17, 15) is 9.90 Å². The van der Waals surface area contributed by atoms with Gasteiger partial charge >= 0.3 is 0 Å². The highest BCUT2D eigenvalue weighted by Gasteiger charge is 2.47. The lowest BCUT2D eigenvalue weighted by Crippen LogP contribution is -2.61. The minimum absolute atomic E-state index is 0.00780. The molecule has 4 heteroatoms. The Bertz CT molecular complexity index is 228. The van der Waals surface area contributed by atoms with Crippen molar-refractivity contribution in [1.82, 2.24) is 5.32 Å². The molecule has 2 unspecified atom stereocenters. The van der Waals surface area contributed by atoms with Gasteiger partial charge < -0.3 is 15.2 Å². The van der Waals surface area contributed by atoms with E-state index in [0.717, 1.165) is 0 Å². The van der Waals surface area contributed by atoms with Gasteiger partial charge in [-0.05, 0) is 13.3 Å². The molecule has 1 aliphatic rings. The Kier molecular flexibility index (Phi) is 4.11. The highest BCUT2D eigenvalue weighted by Crippen LogP contribution is 2.40. The van der Waals surface area contributed by atoms with Crippen molar-refractivity contribution in [3.8, 4) is 0 Å². The first-order valence-corrected chi connectivity index (χ1v) is 5.53. The van der Waals surface area contributed by atoms with Crippen LogP contribution in [0.1, 0.15) is 33.6 Å². The molecule has 0 spiro atoms. The van der Waals surface area contributed by atoms with Crippen LogP contribution in [0.2, 0.25) is 0 Å². The molecule has 4 nitrogen and oxygen atoms in total. The van der Waals surface area contributed by atoms with Crippen molar-refractivity contribution in [3.63, 3.8) is 0 Å². The lowest BCUT2D eigenvalue weighted by Gasteiger charge is -2.49. The highest BCUT2D eigenvalue weighted by molar-refractivity contribution is 5.76. The van der Waals surface area contributed by atoms with Gasteiger partial charge in [0.15, 0.2) is 0 Å². The molecule has 88 valence electrons. The van der Waals surface area contributed by atoms with E-state index in [0.29, 0.717) is 26.1 Å². The van der Waals surface area contributed by atoms with E-state index in [1.807, 2.05) is 20.8 Å². The minimum Gasteiger partial charge on any atom is -0.392 e. The zero-order valence-corrected chi connectivity index (χ0v) is 9.75. The molecular formula is C11H21NO3. The van der Waals surface area contributed by atoms with Gasteiger partial charge in [0.1, 0.15) is 0 Å². The Labute approximate surface area is 91.0 Å². The Balaban J connectivity index is 2.22. The van der Waals surface area contributed by atoms with Gasteiger partial charge in [-0.3, -0.25) is 4.79 Å². The number of aliphatic hydroxyl groups excluding tert-OH is 1. The third kappa shape index (κ3) is 2.92. The van der Waals surface area contributed by atoms with Crippen LogP contribution in [0.3, 0.4) is 0 Å². The molecule has 0 aromatic carbocycles. The Morgan fingerprint density at radius 2 is 2.27 bits per heavy atom. The van der Waals surface area contributed by atoms with Crippen molar-refractivity contribution in [1.29, 1.82) is 0 Å². The fourth-order valence-corrected chi connectivity index (χ4v) is 1.72. The average molecular weight is 215 g/mol. The number of carbonyl (C=O) groups excluding carboxylic acids is 1. The number of aliphatic hydroxyl groups is 1. The summed E-state index contributed by atoms with van der Waals surface area (Å²) in [7, 11) is 0. The molecule has 1 saturated carbocycles. The number of amides is 1. The summed E-state index contributed by atoms with van der Waals surface area (Å²) in [5.41, 5.74) is -0.193. The molecular weight excluding hydrogens is 194 g/mol. The van der Waals surface area contributed by atoms with Crippen LogP contribution in [0.25, 0.3) is 0 Å². The van der Waals surface area contributed by atoms with Gasteiger partial charge in [-0.25, -0.2) is 0 Å². The highest BCUT2D eigenvalue weighted by atomic mass is 16.5. The molecule has 15 heavy (non-hydrogen) atoms.